The van der Waals surface area contributed by atoms with Crippen LogP contribution in [-0.2, 0) is 4.74 Å². The van der Waals surface area contributed by atoms with Crippen LogP contribution in [0, 0.1) is 5.92 Å². The average molecular weight is 211 g/mol. The molecular formula is C9H16F3NO. The van der Waals surface area contributed by atoms with Crippen molar-refractivity contribution in [2.75, 3.05) is 13.2 Å². The number of ether oxygens (including phenoxy) is 1. The highest BCUT2D eigenvalue weighted by Gasteiger charge is 2.37. The summed E-state index contributed by atoms with van der Waals surface area (Å²) in [5.41, 5.74) is -0.0606. The van der Waals surface area contributed by atoms with E-state index in [-0.39, 0.29) is 18.7 Å². The second kappa shape index (κ2) is 4.06. The lowest BCUT2D eigenvalue weighted by Gasteiger charge is -2.26. The molecule has 14 heavy (non-hydrogen) atoms. The lowest BCUT2D eigenvalue weighted by molar-refractivity contribution is -0.323. The number of halogens is 3. The molecule has 0 radical (unpaired) electrons. The minimum Gasteiger partial charge on any atom is -0.309 e. The Kier molecular flexibility index (Phi) is 3.42. The molecule has 84 valence electrons. The molecule has 0 aliphatic heterocycles. The van der Waals surface area contributed by atoms with E-state index < -0.39 is 6.36 Å². The minimum atomic E-state index is -4.51. The molecule has 0 saturated heterocycles. The van der Waals surface area contributed by atoms with Gasteiger partial charge in [0, 0.05) is 12.1 Å². The molecule has 0 unspecified atom stereocenters. The molecule has 0 bridgehead atoms. The van der Waals surface area contributed by atoms with Gasteiger partial charge in [0.05, 0.1) is 6.61 Å². The Morgan fingerprint density at radius 1 is 1.29 bits per heavy atom. The Balaban J connectivity index is 2.09. The van der Waals surface area contributed by atoms with E-state index in [4.69, 9.17) is 0 Å². The molecule has 0 aromatic heterocycles. The summed E-state index contributed by atoms with van der Waals surface area (Å²) in [6, 6.07) is 0. The van der Waals surface area contributed by atoms with Crippen molar-refractivity contribution in [2.45, 2.75) is 38.6 Å². The zero-order chi connectivity index (χ0) is 10.8. The second-order valence-electron chi connectivity index (χ2n) is 4.22. The van der Waals surface area contributed by atoms with Crippen molar-refractivity contribution in [1.82, 2.24) is 5.32 Å². The van der Waals surface area contributed by atoms with Crippen molar-refractivity contribution < 1.29 is 17.9 Å². The lowest BCUT2D eigenvalue weighted by atomic mass is 9.99. The standard InChI is InChI=1S/C9H16F3NO/c1-8(2,7-3-4-7)13-5-6-14-9(10,11)12/h7,13H,3-6H2,1-2H3. The van der Waals surface area contributed by atoms with Gasteiger partial charge in [0.25, 0.3) is 0 Å². The van der Waals surface area contributed by atoms with Gasteiger partial charge in [-0.05, 0) is 32.6 Å². The number of hydrogen-bond acceptors (Lipinski definition) is 2. The topological polar surface area (TPSA) is 21.3 Å². The van der Waals surface area contributed by atoms with E-state index >= 15 is 0 Å². The van der Waals surface area contributed by atoms with Crippen molar-refractivity contribution in [3.05, 3.63) is 0 Å². The molecule has 1 rings (SSSR count). The van der Waals surface area contributed by atoms with Gasteiger partial charge in [-0.2, -0.15) is 0 Å². The van der Waals surface area contributed by atoms with Gasteiger partial charge in [0.1, 0.15) is 0 Å². The van der Waals surface area contributed by atoms with Gasteiger partial charge >= 0.3 is 6.36 Å². The molecule has 0 atom stereocenters. The normalized spacial score (nSPS) is 18.6. The van der Waals surface area contributed by atoms with Gasteiger partial charge in [0.15, 0.2) is 0 Å². The maximum atomic E-state index is 11.6. The third-order valence-electron chi connectivity index (χ3n) is 2.55. The van der Waals surface area contributed by atoms with Crippen molar-refractivity contribution >= 4 is 0 Å². The van der Waals surface area contributed by atoms with Crippen LogP contribution in [-0.4, -0.2) is 25.1 Å². The fraction of sp³-hybridized carbons (Fsp3) is 1.00. The smallest absolute Gasteiger partial charge is 0.309 e. The highest BCUT2D eigenvalue weighted by atomic mass is 19.4. The number of rotatable bonds is 5. The monoisotopic (exact) mass is 211 g/mol. The van der Waals surface area contributed by atoms with E-state index in [1.807, 2.05) is 13.8 Å². The van der Waals surface area contributed by atoms with E-state index in [1.165, 1.54) is 12.8 Å². The zero-order valence-corrected chi connectivity index (χ0v) is 8.45. The molecule has 5 heteroatoms. The predicted octanol–water partition coefficient (Wildman–Crippen LogP) is 2.30. The number of alkyl halides is 3. The molecule has 1 fully saturated rings. The highest BCUT2D eigenvalue weighted by Crippen LogP contribution is 2.38. The van der Waals surface area contributed by atoms with Crippen LogP contribution >= 0.6 is 0 Å². The maximum Gasteiger partial charge on any atom is 0.522 e. The first-order chi connectivity index (χ1) is 6.31. The Labute approximate surface area is 81.8 Å². The largest absolute Gasteiger partial charge is 0.522 e. The summed E-state index contributed by atoms with van der Waals surface area (Å²) in [4.78, 5) is 0. The van der Waals surface area contributed by atoms with Gasteiger partial charge in [-0.25, -0.2) is 0 Å². The summed E-state index contributed by atoms with van der Waals surface area (Å²) >= 11 is 0. The molecular weight excluding hydrogens is 195 g/mol. The summed E-state index contributed by atoms with van der Waals surface area (Å²) < 4.78 is 38.5. The molecule has 1 N–H and O–H groups in total. The molecule has 0 aromatic rings. The van der Waals surface area contributed by atoms with Gasteiger partial charge in [-0.15, -0.1) is 13.2 Å². The van der Waals surface area contributed by atoms with Crippen LogP contribution in [0.2, 0.25) is 0 Å². The Morgan fingerprint density at radius 3 is 2.29 bits per heavy atom. The molecule has 0 aromatic carbocycles. The van der Waals surface area contributed by atoms with E-state index in [0.717, 1.165) is 0 Å². The number of nitrogens with one attached hydrogen (secondary N) is 1. The van der Waals surface area contributed by atoms with Crippen LogP contribution in [0.25, 0.3) is 0 Å². The highest BCUT2D eigenvalue weighted by molar-refractivity contribution is 4.94. The molecule has 0 amide bonds. The van der Waals surface area contributed by atoms with Crippen LogP contribution in [0.1, 0.15) is 26.7 Å². The van der Waals surface area contributed by atoms with Crippen molar-refractivity contribution in [1.29, 1.82) is 0 Å². The van der Waals surface area contributed by atoms with Crippen LogP contribution in [0.5, 0.6) is 0 Å². The summed E-state index contributed by atoms with van der Waals surface area (Å²) in [6.45, 7) is 3.94. The molecule has 1 aliphatic rings. The average Bonchev–Trinajstić information content (AvgIpc) is 2.78. The fourth-order valence-electron chi connectivity index (χ4n) is 1.49. The molecule has 1 aliphatic carbocycles. The first kappa shape index (κ1) is 11.8. The van der Waals surface area contributed by atoms with Crippen molar-refractivity contribution in [2.24, 2.45) is 5.92 Å². The van der Waals surface area contributed by atoms with E-state index in [2.05, 4.69) is 10.1 Å². The Bertz CT molecular complexity index is 187. The van der Waals surface area contributed by atoms with Gasteiger partial charge in [-0.3, -0.25) is 4.74 Å². The maximum absolute atomic E-state index is 11.6. The molecule has 0 heterocycles. The van der Waals surface area contributed by atoms with Crippen molar-refractivity contribution in [3.8, 4) is 0 Å². The first-order valence-corrected chi connectivity index (χ1v) is 4.77. The van der Waals surface area contributed by atoms with Gasteiger partial charge in [0.2, 0.25) is 0 Å². The van der Waals surface area contributed by atoms with E-state index in [1.54, 1.807) is 0 Å². The van der Waals surface area contributed by atoms with E-state index in [9.17, 15) is 13.2 Å². The first-order valence-electron chi connectivity index (χ1n) is 4.77. The summed E-state index contributed by atoms with van der Waals surface area (Å²) in [5, 5.41) is 3.07. The molecule has 1 saturated carbocycles. The van der Waals surface area contributed by atoms with Crippen molar-refractivity contribution in [3.63, 3.8) is 0 Å². The Morgan fingerprint density at radius 2 is 1.86 bits per heavy atom. The third kappa shape index (κ3) is 4.28. The van der Waals surface area contributed by atoms with Gasteiger partial charge in [-0.1, -0.05) is 0 Å². The predicted molar refractivity (Wildman–Crippen MR) is 46.8 cm³/mol. The molecule has 0 spiro atoms. The van der Waals surface area contributed by atoms with Gasteiger partial charge < -0.3 is 5.32 Å². The number of hydrogen-bond donors (Lipinski definition) is 1. The summed E-state index contributed by atoms with van der Waals surface area (Å²) in [7, 11) is 0. The fourth-order valence-corrected chi connectivity index (χ4v) is 1.49. The van der Waals surface area contributed by atoms with Crippen LogP contribution < -0.4 is 5.32 Å². The minimum absolute atomic E-state index is 0.0606. The van der Waals surface area contributed by atoms with Crippen LogP contribution in [0.3, 0.4) is 0 Å². The zero-order valence-electron chi connectivity index (χ0n) is 8.45. The quantitative estimate of drug-likeness (QED) is 0.704. The Hall–Kier alpha value is -0.290. The summed E-state index contributed by atoms with van der Waals surface area (Å²) in [5.74, 6) is 0.605. The second-order valence-corrected chi connectivity index (χ2v) is 4.22. The SMILES string of the molecule is CC(C)(NCCOC(F)(F)F)C1CC1. The molecule has 2 nitrogen and oxygen atoms in total. The van der Waals surface area contributed by atoms with Crippen LogP contribution in [0.4, 0.5) is 13.2 Å². The van der Waals surface area contributed by atoms with Crippen LogP contribution in [0.15, 0.2) is 0 Å². The summed E-state index contributed by atoms with van der Waals surface area (Å²) in [6.07, 6.45) is -2.17. The lowest BCUT2D eigenvalue weighted by Crippen LogP contribution is -2.43. The van der Waals surface area contributed by atoms with E-state index in [0.29, 0.717) is 5.92 Å². The third-order valence-corrected chi connectivity index (χ3v) is 2.55.